The average molecular weight is 228 g/mol. The third kappa shape index (κ3) is 3.76. The number of nitrogens with one attached hydrogen (secondary N) is 1. The van der Waals surface area contributed by atoms with E-state index < -0.39 is 0 Å². The van der Waals surface area contributed by atoms with E-state index in [2.05, 4.69) is 10.2 Å². The van der Waals surface area contributed by atoms with Crippen LogP contribution in [0, 0.1) is 5.92 Å². The van der Waals surface area contributed by atoms with Crippen molar-refractivity contribution in [2.24, 2.45) is 5.92 Å². The summed E-state index contributed by atoms with van der Waals surface area (Å²) < 4.78 is 4.77. The van der Waals surface area contributed by atoms with Gasteiger partial charge in [0, 0.05) is 19.1 Å². The second-order valence-electron chi connectivity index (χ2n) is 4.63. The number of rotatable bonds is 5. The molecule has 1 fully saturated rings. The first-order valence-corrected chi connectivity index (χ1v) is 6.15. The summed E-state index contributed by atoms with van der Waals surface area (Å²) >= 11 is 0. The van der Waals surface area contributed by atoms with Gasteiger partial charge in [-0.25, -0.2) is 0 Å². The molecule has 0 bridgehead atoms. The van der Waals surface area contributed by atoms with Crippen LogP contribution in [0.25, 0.3) is 0 Å². The number of likely N-dealkylation sites (N-methyl/N-ethyl adjacent to an activating group) is 1. The molecule has 0 saturated carbocycles. The number of piperidine rings is 1. The molecule has 4 nitrogen and oxygen atoms in total. The fraction of sp³-hybridized carbons (Fsp3) is 0.917. The normalized spacial score (nSPS) is 24.1. The Bertz CT molecular complexity index is 219. The second kappa shape index (κ2) is 6.86. The fourth-order valence-electron chi connectivity index (χ4n) is 2.39. The van der Waals surface area contributed by atoms with Gasteiger partial charge in [-0.3, -0.25) is 9.69 Å². The van der Waals surface area contributed by atoms with Crippen LogP contribution in [0.1, 0.15) is 26.2 Å². The first-order chi connectivity index (χ1) is 7.69. The van der Waals surface area contributed by atoms with E-state index >= 15 is 0 Å². The van der Waals surface area contributed by atoms with Gasteiger partial charge in [0.25, 0.3) is 0 Å². The van der Waals surface area contributed by atoms with Crippen molar-refractivity contribution in [2.45, 2.75) is 32.2 Å². The van der Waals surface area contributed by atoms with Crippen molar-refractivity contribution in [3.05, 3.63) is 0 Å². The van der Waals surface area contributed by atoms with Crippen molar-refractivity contribution in [1.29, 1.82) is 0 Å². The highest BCUT2D eigenvalue weighted by Gasteiger charge is 2.25. The predicted molar refractivity (Wildman–Crippen MR) is 64.3 cm³/mol. The van der Waals surface area contributed by atoms with Gasteiger partial charge < -0.3 is 10.1 Å². The lowest BCUT2D eigenvalue weighted by Gasteiger charge is -2.36. The SMILES string of the molecule is CNCC1CCCCN1CC(C)C(=O)OC. The summed E-state index contributed by atoms with van der Waals surface area (Å²) in [5.74, 6) is -0.128. The Morgan fingerprint density at radius 2 is 2.31 bits per heavy atom. The topological polar surface area (TPSA) is 41.6 Å². The zero-order chi connectivity index (χ0) is 12.0. The molecular formula is C12H24N2O2. The van der Waals surface area contributed by atoms with Gasteiger partial charge in [-0.1, -0.05) is 13.3 Å². The first-order valence-electron chi connectivity index (χ1n) is 6.15. The highest BCUT2D eigenvalue weighted by atomic mass is 16.5. The van der Waals surface area contributed by atoms with E-state index in [0.29, 0.717) is 6.04 Å². The van der Waals surface area contributed by atoms with Crippen molar-refractivity contribution in [1.82, 2.24) is 10.2 Å². The van der Waals surface area contributed by atoms with Crippen LogP contribution in [-0.2, 0) is 9.53 Å². The summed E-state index contributed by atoms with van der Waals surface area (Å²) in [6.45, 7) is 4.87. The number of esters is 1. The maximum atomic E-state index is 11.4. The quantitative estimate of drug-likeness (QED) is 0.709. The van der Waals surface area contributed by atoms with Crippen molar-refractivity contribution in [3.8, 4) is 0 Å². The molecule has 0 aromatic heterocycles. The van der Waals surface area contributed by atoms with Gasteiger partial charge in [0.05, 0.1) is 13.0 Å². The first kappa shape index (κ1) is 13.5. The molecule has 0 spiro atoms. The molecule has 2 atom stereocenters. The molecule has 1 aliphatic heterocycles. The van der Waals surface area contributed by atoms with Gasteiger partial charge in [0.15, 0.2) is 0 Å². The lowest BCUT2D eigenvalue weighted by Crippen LogP contribution is -2.47. The largest absolute Gasteiger partial charge is 0.469 e. The van der Waals surface area contributed by atoms with Crippen LogP contribution in [0.15, 0.2) is 0 Å². The number of hydrogen-bond acceptors (Lipinski definition) is 4. The van der Waals surface area contributed by atoms with Crippen LogP contribution in [0.5, 0.6) is 0 Å². The summed E-state index contributed by atoms with van der Waals surface area (Å²) in [5.41, 5.74) is 0. The molecule has 94 valence electrons. The lowest BCUT2D eigenvalue weighted by molar-refractivity contribution is -0.145. The van der Waals surface area contributed by atoms with Gasteiger partial charge in [-0.15, -0.1) is 0 Å². The third-order valence-electron chi connectivity index (χ3n) is 3.30. The standard InChI is InChI=1S/C12H24N2O2/c1-10(12(15)16-3)9-14-7-5-4-6-11(14)8-13-2/h10-11,13H,4-9H2,1-3H3. The molecule has 4 heteroatoms. The highest BCUT2D eigenvalue weighted by molar-refractivity contribution is 5.72. The summed E-state index contributed by atoms with van der Waals surface area (Å²) in [7, 11) is 3.44. The van der Waals surface area contributed by atoms with E-state index in [1.54, 1.807) is 0 Å². The minimum absolute atomic E-state index is 0.0255. The average Bonchev–Trinajstić information content (AvgIpc) is 2.31. The van der Waals surface area contributed by atoms with Crippen LogP contribution in [-0.4, -0.2) is 50.7 Å². The summed E-state index contributed by atoms with van der Waals surface area (Å²) in [4.78, 5) is 13.8. The molecule has 2 unspecified atom stereocenters. The van der Waals surface area contributed by atoms with Crippen LogP contribution in [0.2, 0.25) is 0 Å². The Kier molecular flexibility index (Phi) is 5.77. The molecule has 0 aromatic rings. The second-order valence-corrected chi connectivity index (χ2v) is 4.63. The number of carbonyl (C=O) groups excluding carboxylic acids is 1. The Hall–Kier alpha value is -0.610. The Morgan fingerprint density at radius 1 is 1.56 bits per heavy atom. The molecular weight excluding hydrogens is 204 g/mol. The summed E-state index contributed by atoms with van der Waals surface area (Å²) in [6.07, 6.45) is 3.78. The molecule has 1 aliphatic rings. The van der Waals surface area contributed by atoms with Crippen LogP contribution in [0.3, 0.4) is 0 Å². The summed E-state index contributed by atoms with van der Waals surface area (Å²) in [6, 6.07) is 0.575. The molecule has 1 saturated heterocycles. The molecule has 1 N–H and O–H groups in total. The van der Waals surface area contributed by atoms with E-state index in [4.69, 9.17) is 4.74 Å². The molecule has 0 aromatic carbocycles. The predicted octanol–water partition coefficient (Wildman–Crippen LogP) is 0.869. The van der Waals surface area contributed by atoms with E-state index in [1.165, 1.54) is 26.4 Å². The zero-order valence-corrected chi connectivity index (χ0v) is 10.7. The van der Waals surface area contributed by atoms with Crippen LogP contribution < -0.4 is 5.32 Å². The smallest absolute Gasteiger partial charge is 0.309 e. The van der Waals surface area contributed by atoms with E-state index in [0.717, 1.165) is 19.6 Å². The maximum absolute atomic E-state index is 11.4. The molecule has 0 aliphatic carbocycles. The fourth-order valence-corrected chi connectivity index (χ4v) is 2.39. The molecule has 0 radical (unpaired) electrons. The maximum Gasteiger partial charge on any atom is 0.309 e. The lowest BCUT2D eigenvalue weighted by atomic mass is 10.00. The minimum atomic E-state index is -0.103. The van der Waals surface area contributed by atoms with Crippen molar-refractivity contribution in [2.75, 3.05) is 33.8 Å². The number of methoxy groups -OCH3 is 1. The summed E-state index contributed by atoms with van der Waals surface area (Å²) in [5, 5.41) is 3.23. The van der Waals surface area contributed by atoms with Crippen molar-refractivity contribution >= 4 is 5.97 Å². The van der Waals surface area contributed by atoms with Gasteiger partial charge in [0.2, 0.25) is 0 Å². The Labute approximate surface area is 98.3 Å². The van der Waals surface area contributed by atoms with Gasteiger partial charge in [-0.2, -0.15) is 0 Å². The van der Waals surface area contributed by atoms with E-state index in [9.17, 15) is 4.79 Å². The monoisotopic (exact) mass is 228 g/mol. The van der Waals surface area contributed by atoms with E-state index in [-0.39, 0.29) is 11.9 Å². The van der Waals surface area contributed by atoms with Crippen molar-refractivity contribution in [3.63, 3.8) is 0 Å². The number of likely N-dealkylation sites (tertiary alicyclic amines) is 1. The molecule has 1 rings (SSSR count). The van der Waals surface area contributed by atoms with Crippen molar-refractivity contribution < 1.29 is 9.53 Å². The molecule has 0 amide bonds. The van der Waals surface area contributed by atoms with Gasteiger partial charge in [-0.05, 0) is 26.4 Å². The zero-order valence-electron chi connectivity index (χ0n) is 10.7. The Morgan fingerprint density at radius 3 is 2.94 bits per heavy atom. The highest BCUT2D eigenvalue weighted by Crippen LogP contribution is 2.18. The molecule has 1 heterocycles. The van der Waals surface area contributed by atoms with Gasteiger partial charge in [0.1, 0.15) is 0 Å². The Balaban J connectivity index is 2.45. The van der Waals surface area contributed by atoms with E-state index in [1.807, 2.05) is 14.0 Å². The minimum Gasteiger partial charge on any atom is -0.469 e. The van der Waals surface area contributed by atoms with Crippen LogP contribution >= 0.6 is 0 Å². The number of hydrogen-bond donors (Lipinski definition) is 1. The molecule has 16 heavy (non-hydrogen) atoms. The number of nitrogens with zero attached hydrogens (tertiary/aromatic N) is 1. The van der Waals surface area contributed by atoms with Gasteiger partial charge >= 0.3 is 5.97 Å². The third-order valence-corrected chi connectivity index (χ3v) is 3.30. The number of ether oxygens (including phenoxy) is 1. The van der Waals surface area contributed by atoms with Crippen LogP contribution in [0.4, 0.5) is 0 Å². The number of carbonyl (C=O) groups is 1.